The van der Waals surface area contributed by atoms with E-state index in [1.807, 2.05) is 0 Å². The molecule has 0 spiro atoms. The van der Waals surface area contributed by atoms with Crippen LogP contribution in [0.4, 0.5) is 0 Å². The van der Waals surface area contributed by atoms with Crippen molar-refractivity contribution in [3.05, 3.63) is 100 Å². The Balaban J connectivity index is 2.13. The first kappa shape index (κ1) is 21.3. The topological polar surface area (TPSA) is 80.5 Å². The Morgan fingerprint density at radius 2 is 1.38 bits per heavy atom. The van der Waals surface area contributed by atoms with Gasteiger partial charge < -0.3 is 5.73 Å². The maximum Gasteiger partial charge on any atom is 0.244 e. The van der Waals surface area contributed by atoms with E-state index in [0.717, 1.165) is 4.31 Å². The lowest BCUT2D eigenvalue weighted by molar-refractivity contribution is -0.122. The summed E-state index contributed by atoms with van der Waals surface area (Å²) < 4.78 is 28.1. The number of halogens is 2. The highest BCUT2D eigenvalue weighted by molar-refractivity contribution is 7.89. The van der Waals surface area contributed by atoms with E-state index in [2.05, 4.69) is 0 Å². The van der Waals surface area contributed by atoms with Crippen LogP contribution in [0, 0.1) is 0 Å². The fourth-order valence-electron chi connectivity index (χ4n) is 2.93. The molecule has 0 radical (unpaired) electrons. The van der Waals surface area contributed by atoms with Gasteiger partial charge in [-0.05, 0) is 47.5 Å². The van der Waals surface area contributed by atoms with Gasteiger partial charge in [-0.15, -0.1) is 0 Å². The van der Waals surface area contributed by atoms with Crippen molar-refractivity contribution in [3.63, 3.8) is 0 Å². The van der Waals surface area contributed by atoms with E-state index in [0.29, 0.717) is 21.2 Å². The molecular weight excluding hydrogens is 431 g/mol. The molecule has 1 atom stereocenters. The van der Waals surface area contributed by atoms with Crippen molar-refractivity contribution >= 4 is 39.1 Å². The number of benzene rings is 3. The quantitative estimate of drug-likeness (QED) is 0.580. The van der Waals surface area contributed by atoms with Crippen LogP contribution in [-0.2, 0) is 21.4 Å². The van der Waals surface area contributed by atoms with Crippen molar-refractivity contribution in [2.75, 3.05) is 0 Å². The summed E-state index contributed by atoms with van der Waals surface area (Å²) in [6.07, 6.45) is 0. The van der Waals surface area contributed by atoms with Crippen molar-refractivity contribution in [2.24, 2.45) is 5.73 Å². The van der Waals surface area contributed by atoms with Gasteiger partial charge in [0.25, 0.3) is 0 Å². The second kappa shape index (κ2) is 8.97. The molecule has 0 bridgehead atoms. The van der Waals surface area contributed by atoms with Crippen LogP contribution in [0.3, 0.4) is 0 Å². The van der Waals surface area contributed by atoms with Crippen LogP contribution >= 0.6 is 23.2 Å². The maximum absolute atomic E-state index is 13.5. The second-order valence-electron chi connectivity index (χ2n) is 6.35. The molecule has 3 aromatic rings. The van der Waals surface area contributed by atoms with Crippen LogP contribution in [-0.4, -0.2) is 18.6 Å². The van der Waals surface area contributed by atoms with Crippen LogP contribution < -0.4 is 5.73 Å². The van der Waals surface area contributed by atoms with Gasteiger partial charge in [0, 0.05) is 16.6 Å². The van der Waals surface area contributed by atoms with Crippen molar-refractivity contribution in [1.29, 1.82) is 0 Å². The molecule has 150 valence electrons. The standard InChI is InChI=1S/C21H18Cl2N2O3S/c22-17-8-6-15(7-9-17)14-25(20(21(24)26)16-4-2-1-3-5-16)29(27,28)19-12-10-18(23)11-13-19/h1-13,20H,14H2,(H2,24,26)/t20-/m1/s1. The molecule has 0 aliphatic rings. The number of sulfonamides is 1. The van der Waals surface area contributed by atoms with E-state index < -0.39 is 22.0 Å². The highest BCUT2D eigenvalue weighted by Gasteiger charge is 2.36. The molecule has 0 aliphatic carbocycles. The third kappa shape index (κ3) is 4.97. The zero-order valence-corrected chi connectivity index (χ0v) is 17.5. The number of primary amides is 1. The van der Waals surface area contributed by atoms with E-state index >= 15 is 0 Å². The third-order valence-electron chi connectivity index (χ3n) is 4.34. The van der Waals surface area contributed by atoms with Gasteiger partial charge in [0.05, 0.1) is 4.90 Å². The van der Waals surface area contributed by atoms with Gasteiger partial charge in [0.15, 0.2) is 0 Å². The highest BCUT2D eigenvalue weighted by atomic mass is 35.5. The van der Waals surface area contributed by atoms with Gasteiger partial charge in [-0.3, -0.25) is 4.79 Å². The molecule has 8 heteroatoms. The lowest BCUT2D eigenvalue weighted by atomic mass is 10.1. The number of carbonyl (C=O) groups excluding carboxylic acids is 1. The number of amides is 1. The van der Waals surface area contributed by atoms with Gasteiger partial charge in [0.1, 0.15) is 6.04 Å². The Labute approximate surface area is 179 Å². The molecule has 3 aromatic carbocycles. The lowest BCUT2D eigenvalue weighted by Crippen LogP contribution is -2.41. The van der Waals surface area contributed by atoms with E-state index in [1.54, 1.807) is 54.6 Å². The summed E-state index contributed by atoms with van der Waals surface area (Å²) in [6.45, 7) is -0.0649. The molecule has 0 heterocycles. The van der Waals surface area contributed by atoms with Crippen LogP contribution in [0.2, 0.25) is 10.0 Å². The first-order valence-corrected chi connectivity index (χ1v) is 10.8. The van der Waals surface area contributed by atoms with Crippen molar-refractivity contribution in [1.82, 2.24) is 4.31 Å². The Kier molecular flexibility index (Phi) is 6.59. The van der Waals surface area contributed by atoms with E-state index in [1.165, 1.54) is 24.3 Å². The smallest absolute Gasteiger partial charge is 0.244 e. The van der Waals surface area contributed by atoms with Crippen LogP contribution in [0.25, 0.3) is 0 Å². The number of rotatable bonds is 7. The molecule has 2 N–H and O–H groups in total. The van der Waals surface area contributed by atoms with Crippen molar-refractivity contribution in [3.8, 4) is 0 Å². The van der Waals surface area contributed by atoms with Gasteiger partial charge in [-0.25, -0.2) is 8.42 Å². The van der Waals surface area contributed by atoms with Gasteiger partial charge in [0.2, 0.25) is 15.9 Å². The van der Waals surface area contributed by atoms with Crippen LogP contribution in [0.5, 0.6) is 0 Å². The molecule has 0 saturated heterocycles. The summed E-state index contributed by atoms with van der Waals surface area (Å²) in [5, 5.41) is 0.929. The zero-order chi connectivity index (χ0) is 21.0. The average Bonchev–Trinajstić information content (AvgIpc) is 2.70. The number of nitrogens with two attached hydrogens (primary N) is 1. The van der Waals surface area contributed by atoms with E-state index in [-0.39, 0.29) is 11.4 Å². The largest absolute Gasteiger partial charge is 0.368 e. The highest BCUT2D eigenvalue weighted by Crippen LogP contribution is 2.30. The van der Waals surface area contributed by atoms with Crippen LogP contribution in [0.15, 0.2) is 83.8 Å². The maximum atomic E-state index is 13.5. The average molecular weight is 449 g/mol. The van der Waals surface area contributed by atoms with E-state index in [4.69, 9.17) is 28.9 Å². The van der Waals surface area contributed by atoms with Crippen molar-refractivity contribution < 1.29 is 13.2 Å². The molecule has 0 aromatic heterocycles. The van der Waals surface area contributed by atoms with Gasteiger partial charge in [-0.2, -0.15) is 4.31 Å². The molecule has 1 amide bonds. The van der Waals surface area contributed by atoms with Crippen LogP contribution in [0.1, 0.15) is 17.2 Å². The minimum Gasteiger partial charge on any atom is -0.368 e. The molecule has 0 aliphatic heterocycles. The van der Waals surface area contributed by atoms with Gasteiger partial charge >= 0.3 is 0 Å². The molecule has 0 unspecified atom stereocenters. The fourth-order valence-corrected chi connectivity index (χ4v) is 4.76. The number of nitrogens with zero attached hydrogens (tertiary/aromatic N) is 1. The molecule has 0 saturated carbocycles. The fraction of sp³-hybridized carbons (Fsp3) is 0.0952. The zero-order valence-electron chi connectivity index (χ0n) is 15.2. The Morgan fingerprint density at radius 1 is 0.862 bits per heavy atom. The number of hydrogen-bond acceptors (Lipinski definition) is 3. The predicted molar refractivity (Wildman–Crippen MR) is 114 cm³/mol. The third-order valence-corrected chi connectivity index (χ3v) is 6.67. The minimum absolute atomic E-state index is 0.0121. The first-order chi connectivity index (χ1) is 13.8. The Morgan fingerprint density at radius 3 is 1.90 bits per heavy atom. The van der Waals surface area contributed by atoms with E-state index in [9.17, 15) is 13.2 Å². The summed E-state index contributed by atoms with van der Waals surface area (Å²) >= 11 is 11.8. The normalized spacial score (nSPS) is 12.7. The summed E-state index contributed by atoms with van der Waals surface area (Å²) in [5.74, 6) is -0.775. The second-order valence-corrected chi connectivity index (χ2v) is 9.11. The molecule has 0 fully saturated rings. The summed E-state index contributed by atoms with van der Waals surface area (Å²) in [4.78, 5) is 12.4. The molecular formula is C21H18Cl2N2O3S. The summed E-state index contributed by atoms with van der Waals surface area (Å²) in [7, 11) is -4.08. The number of carbonyl (C=O) groups is 1. The summed E-state index contributed by atoms with van der Waals surface area (Å²) in [6, 6.07) is 19.9. The monoisotopic (exact) mass is 448 g/mol. The predicted octanol–water partition coefficient (Wildman–Crippen LogP) is 4.41. The van der Waals surface area contributed by atoms with Gasteiger partial charge in [-0.1, -0.05) is 65.7 Å². The molecule has 3 rings (SSSR count). The lowest BCUT2D eigenvalue weighted by Gasteiger charge is -2.29. The SMILES string of the molecule is NC(=O)[C@@H](c1ccccc1)N(Cc1ccc(Cl)cc1)S(=O)(=O)c1ccc(Cl)cc1. The Hall–Kier alpha value is -2.38. The molecule has 5 nitrogen and oxygen atoms in total. The molecule has 29 heavy (non-hydrogen) atoms. The number of hydrogen-bond donors (Lipinski definition) is 1. The first-order valence-electron chi connectivity index (χ1n) is 8.65. The minimum atomic E-state index is -4.08. The Bertz CT molecular complexity index is 1090. The summed E-state index contributed by atoms with van der Waals surface area (Å²) in [5.41, 5.74) is 6.80. The van der Waals surface area contributed by atoms with Crippen molar-refractivity contribution in [2.45, 2.75) is 17.5 Å².